The van der Waals surface area contributed by atoms with Gasteiger partial charge in [0.15, 0.2) is 0 Å². The monoisotopic (exact) mass is 411 g/mol. The van der Waals surface area contributed by atoms with Gasteiger partial charge in [0.05, 0.1) is 12.3 Å². The van der Waals surface area contributed by atoms with Crippen LogP contribution < -0.4 is 10.8 Å². The zero-order valence-corrected chi connectivity index (χ0v) is 17.4. The van der Waals surface area contributed by atoms with Crippen molar-refractivity contribution in [3.63, 3.8) is 0 Å². The first-order valence-corrected chi connectivity index (χ1v) is 10.1. The Morgan fingerprint density at radius 3 is 2.58 bits per heavy atom. The van der Waals surface area contributed by atoms with Gasteiger partial charge < -0.3 is 15.7 Å². The highest BCUT2D eigenvalue weighted by Gasteiger charge is 2.07. The highest BCUT2D eigenvalue weighted by molar-refractivity contribution is 5.92. The Morgan fingerprint density at radius 2 is 1.84 bits per heavy atom. The Balaban J connectivity index is 1.40. The second-order valence-corrected chi connectivity index (χ2v) is 7.14. The molecule has 0 amide bonds. The number of hydrogen-bond acceptors (Lipinski definition) is 5. The largest absolute Gasteiger partial charge is 0.389 e. The van der Waals surface area contributed by atoms with Gasteiger partial charge >= 0.3 is 0 Å². The first-order chi connectivity index (χ1) is 15.3. The number of benzene rings is 2. The molecular weight excluding hydrogens is 386 g/mol. The van der Waals surface area contributed by atoms with Crippen molar-refractivity contribution in [3.05, 3.63) is 102 Å². The number of rotatable bonds is 9. The maximum absolute atomic E-state index is 7.75. The lowest BCUT2D eigenvalue weighted by Gasteiger charge is -2.14. The van der Waals surface area contributed by atoms with Gasteiger partial charge in [-0.2, -0.15) is 0 Å². The van der Waals surface area contributed by atoms with Gasteiger partial charge in [-0.1, -0.05) is 54.6 Å². The summed E-state index contributed by atoms with van der Waals surface area (Å²) < 4.78 is 0. The van der Waals surface area contributed by atoms with Crippen molar-refractivity contribution in [2.75, 3.05) is 7.05 Å². The first kappa shape index (κ1) is 20.4. The SMILES string of the molecule is CN/C(Cc1ccccc1)=C(\C=N)NOCc1ccc(-c2ccnc3[nH]ccc23)cc1. The van der Waals surface area contributed by atoms with Crippen LogP contribution in [0.5, 0.6) is 0 Å². The number of aromatic amines is 1. The quantitative estimate of drug-likeness (QED) is 0.240. The summed E-state index contributed by atoms with van der Waals surface area (Å²) in [6, 6.07) is 22.5. The van der Waals surface area contributed by atoms with Gasteiger partial charge in [-0.05, 0) is 34.4 Å². The molecule has 2 aromatic carbocycles. The molecule has 2 aromatic heterocycles. The number of nitrogens with zero attached hydrogens (tertiary/aromatic N) is 1. The van der Waals surface area contributed by atoms with E-state index in [-0.39, 0.29) is 0 Å². The van der Waals surface area contributed by atoms with Crippen LogP contribution in [0.3, 0.4) is 0 Å². The van der Waals surface area contributed by atoms with Crippen molar-refractivity contribution in [1.82, 2.24) is 20.8 Å². The zero-order valence-electron chi connectivity index (χ0n) is 17.4. The third kappa shape index (κ3) is 4.82. The van der Waals surface area contributed by atoms with Crippen LogP contribution in [0, 0.1) is 5.41 Å². The molecule has 0 aliphatic carbocycles. The number of aromatic nitrogens is 2. The molecule has 4 N–H and O–H groups in total. The number of pyridine rings is 1. The lowest BCUT2D eigenvalue weighted by atomic mass is 10.0. The number of likely N-dealkylation sites (N-methyl/N-ethyl adjacent to an activating group) is 1. The van der Waals surface area contributed by atoms with Crippen molar-refractivity contribution in [3.8, 4) is 11.1 Å². The summed E-state index contributed by atoms with van der Waals surface area (Å²) in [6.45, 7) is 0.385. The number of hydroxylamine groups is 1. The van der Waals surface area contributed by atoms with E-state index in [2.05, 4.69) is 45.0 Å². The number of H-pyrrole nitrogens is 1. The Labute approximate surface area is 181 Å². The summed E-state index contributed by atoms with van der Waals surface area (Å²) >= 11 is 0. The van der Waals surface area contributed by atoms with Gasteiger partial charge in [0, 0.05) is 43.2 Å². The Morgan fingerprint density at radius 1 is 1.03 bits per heavy atom. The molecule has 2 heterocycles. The van der Waals surface area contributed by atoms with Crippen LogP contribution in [-0.4, -0.2) is 23.2 Å². The van der Waals surface area contributed by atoms with E-state index in [9.17, 15) is 0 Å². The van der Waals surface area contributed by atoms with Crippen LogP contribution in [0.25, 0.3) is 22.2 Å². The summed E-state index contributed by atoms with van der Waals surface area (Å²) in [6.07, 6.45) is 5.67. The molecule has 4 rings (SSSR count). The fourth-order valence-corrected chi connectivity index (χ4v) is 3.49. The maximum Gasteiger partial charge on any atom is 0.137 e. The molecule has 6 heteroatoms. The Hall–Kier alpha value is -3.90. The minimum Gasteiger partial charge on any atom is -0.389 e. The van der Waals surface area contributed by atoms with E-state index in [1.54, 1.807) is 0 Å². The highest BCUT2D eigenvalue weighted by Crippen LogP contribution is 2.27. The normalized spacial score (nSPS) is 11.8. The molecule has 0 fully saturated rings. The number of hydrogen-bond donors (Lipinski definition) is 4. The predicted octanol–water partition coefficient (Wildman–Crippen LogP) is 4.57. The first-order valence-electron chi connectivity index (χ1n) is 10.1. The standard InChI is InChI=1S/C25H25N5O/c1-27-23(15-18-5-3-2-4-6-18)24(16-26)30-31-17-19-7-9-20(10-8-19)21-11-13-28-25-22(21)12-14-29-25/h2-14,16,26-27,30H,15,17H2,1H3,(H,28,29)/b24-23+,26-16?. The molecule has 4 aromatic rings. The fourth-order valence-electron chi connectivity index (χ4n) is 3.49. The van der Waals surface area contributed by atoms with Crippen molar-refractivity contribution >= 4 is 17.2 Å². The molecule has 0 radical (unpaired) electrons. The number of nitrogens with one attached hydrogen (secondary N) is 4. The van der Waals surface area contributed by atoms with Crippen LogP contribution in [0.1, 0.15) is 11.1 Å². The van der Waals surface area contributed by atoms with Gasteiger partial charge in [0.25, 0.3) is 0 Å². The third-order valence-corrected chi connectivity index (χ3v) is 5.14. The van der Waals surface area contributed by atoms with Crippen LogP contribution >= 0.6 is 0 Å². The van der Waals surface area contributed by atoms with Gasteiger partial charge in [-0.15, -0.1) is 0 Å². The molecule has 156 valence electrons. The van der Waals surface area contributed by atoms with Crippen molar-refractivity contribution in [2.45, 2.75) is 13.0 Å². The predicted molar refractivity (Wildman–Crippen MR) is 124 cm³/mol. The molecule has 0 aliphatic heterocycles. The van der Waals surface area contributed by atoms with E-state index in [1.165, 1.54) is 6.21 Å². The molecule has 0 saturated carbocycles. The third-order valence-electron chi connectivity index (χ3n) is 5.14. The summed E-state index contributed by atoms with van der Waals surface area (Å²) in [5.41, 5.74) is 9.77. The maximum atomic E-state index is 7.75. The van der Waals surface area contributed by atoms with E-state index in [0.717, 1.165) is 39.0 Å². The molecule has 0 spiro atoms. The smallest absolute Gasteiger partial charge is 0.137 e. The summed E-state index contributed by atoms with van der Waals surface area (Å²) in [5.74, 6) is 0. The minimum absolute atomic E-state index is 0.385. The average Bonchev–Trinajstić information content (AvgIpc) is 3.31. The highest BCUT2D eigenvalue weighted by atomic mass is 16.6. The molecule has 0 saturated heterocycles. The van der Waals surface area contributed by atoms with E-state index in [0.29, 0.717) is 18.7 Å². The van der Waals surface area contributed by atoms with Gasteiger partial charge in [0.1, 0.15) is 5.65 Å². The molecule has 0 atom stereocenters. The van der Waals surface area contributed by atoms with Crippen LogP contribution in [0.2, 0.25) is 0 Å². The lowest BCUT2D eigenvalue weighted by Crippen LogP contribution is -2.23. The van der Waals surface area contributed by atoms with E-state index < -0.39 is 0 Å². The zero-order chi connectivity index (χ0) is 21.5. The molecule has 6 nitrogen and oxygen atoms in total. The van der Waals surface area contributed by atoms with Crippen LogP contribution in [0.4, 0.5) is 0 Å². The Kier molecular flexibility index (Phi) is 6.40. The topological polar surface area (TPSA) is 85.8 Å². The van der Waals surface area contributed by atoms with Gasteiger partial charge in [-0.3, -0.25) is 10.3 Å². The van der Waals surface area contributed by atoms with Crippen molar-refractivity contribution in [2.24, 2.45) is 0 Å². The molecule has 0 bridgehead atoms. The number of allylic oxidation sites excluding steroid dienone is 2. The van der Waals surface area contributed by atoms with E-state index in [1.807, 2.05) is 61.9 Å². The van der Waals surface area contributed by atoms with Crippen molar-refractivity contribution in [1.29, 1.82) is 5.41 Å². The Bertz CT molecular complexity index is 1180. The lowest BCUT2D eigenvalue weighted by molar-refractivity contribution is 0.0525. The molecule has 31 heavy (non-hydrogen) atoms. The summed E-state index contributed by atoms with van der Waals surface area (Å²) in [5, 5.41) is 12.0. The number of fused-ring (bicyclic) bond motifs is 1. The van der Waals surface area contributed by atoms with Crippen LogP contribution in [-0.2, 0) is 17.9 Å². The second-order valence-electron chi connectivity index (χ2n) is 7.14. The van der Waals surface area contributed by atoms with Crippen LogP contribution in [0.15, 0.2) is 90.5 Å². The van der Waals surface area contributed by atoms with Crippen molar-refractivity contribution < 1.29 is 4.84 Å². The molecule has 0 aliphatic rings. The van der Waals surface area contributed by atoms with E-state index in [4.69, 9.17) is 10.2 Å². The summed E-state index contributed by atoms with van der Waals surface area (Å²) in [4.78, 5) is 13.2. The molecular formula is C25H25N5O. The second kappa shape index (κ2) is 9.73. The minimum atomic E-state index is 0.385. The molecule has 0 unspecified atom stereocenters. The fraction of sp³-hybridized carbons (Fsp3) is 0.120. The van der Waals surface area contributed by atoms with Gasteiger partial charge in [-0.25, -0.2) is 4.98 Å². The van der Waals surface area contributed by atoms with Gasteiger partial charge in [0.2, 0.25) is 0 Å². The average molecular weight is 412 g/mol. The summed E-state index contributed by atoms with van der Waals surface area (Å²) in [7, 11) is 1.85. The van der Waals surface area contributed by atoms with E-state index >= 15 is 0 Å².